The third kappa shape index (κ3) is 5.08. The van der Waals surface area contributed by atoms with Crippen LogP contribution < -0.4 is 5.32 Å². The molecule has 1 aromatic rings. The van der Waals surface area contributed by atoms with Gasteiger partial charge in [-0.3, -0.25) is 4.79 Å². The molecule has 0 spiro atoms. The van der Waals surface area contributed by atoms with E-state index in [9.17, 15) is 4.79 Å². The van der Waals surface area contributed by atoms with E-state index < -0.39 is 0 Å². The van der Waals surface area contributed by atoms with Crippen LogP contribution >= 0.6 is 11.8 Å². The topological polar surface area (TPSA) is 59.8 Å². The highest BCUT2D eigenvalue weighted by Crippen LogP contribution is 2.08. The number of hydrogen-bond donors (Lipinski definition) is 1. The zero-order valence-corrected chi connectivity index (χ0v) is 12.3. The molecule has 0 unspecified atom stereocenters. The second-order valence-electron chi connectivity index (χ2n) is 4.71. The Morgan fingerprint density at radius 2 is 2.17 bits per heavy atom. The third-order valence-electron chi connectivity index (χ3n) is 2.42. The number of thioether (sulfide) groups is 1. The molecule has 1 heterocycles. The molecule has 102 valence electrons. The van der Waals surface area contributed by atoms with Crippen LogP contribution in [-0.2, 0) is 11.2 Å². The van der Waals surface area contributed by atoms with Crippen molar-refractivity contribution in [1.29, 1.82) is 0 Å². The highest BCUT2D eigenvalue weighted by molar-refractivity contribution is 8.00. The van der Waals surface area contributed by atoms with Crippen LogP contribution in [0.5, 0.6) is 0 Å². The van der Waals surface area contributed by atoms with Gasteiger partial charge in [0.15, 0.2) is 0 Å². The van der Waals surface area contributed by atoms with E-state index in [1.807, 2.05) is 4.57 Å². The quantitative estimate of drug-likeness (QED) is 0.818. The normalized spacial score (nSPS) is 11.2. The number of carbonyl (C=O) groups is 1. The number of rotatable bonds is 7. The summed E-state index contributed by atoms with van der Waals surface area (Å²) < 4.78 is 2.02. The van der Waals surface area contributed by atoms with E-state index in [0.717, 1.165) is 12.2 Å². The predicted octanol–water partition coefficient (Wildman–Crippen LogP) is 1.66. The van der Waals surface area contributed by atoms with Crippen LogP contribution in [0.2, 0.25) is 0 Å². The molecule has 1 aromatic heterocycles. The largest absolute Gasteiger partial charge is 0.355 e. The van der Waals surface area contributed by atoms with Crippen LogP contribution in [0.3, 0.4) is 0 Å². The summed E-state index contributed by atoms with van der Waals surface area (Å²) in [5.41, 5.74) is 0. The number of aromatic nitrogens is 3. The van der Waals surface area contributed by atoms with Gasteiger partial charge in [-0.2, -0.15) is 0 Å². The van der Waals surface area contributed by atoms with Crippen molar-refractivity contribution < 1.29 is 4.79 Å². The molecular formula is C12H22N4OS. The third-order valence-corrected chi connectivity index (χ3v) is 3.52. The Labute approximate surface area is 113 Å². The monoisotopic (exact) mass is 270 g/mol. The molecule has 0 atom stereocenters. The van der Waals surface area contributed by atoms with Crippen LogP contribution in [-0.4, -0.2) is 38.2 Å². The number of carbonyl (C=O) groups excluding carboxylic acids is 1. The van der Waals surface area contributed by atoms with Gasteiger partial charge in [0.25, 0.3) is 0 Å². The maximum absolute atomic E-state index is 11.5. The zero-order chi connectivity index (χ0) is 13.5. The smallest absolute Gasteiger partial charge is 0.230 e. The minimum atomic E-state index is 0.0873. The summed E-state index contributed by atoms with van der Waals surface area (Å²) in [5.74, 6) is 1.53. The first-order chi connectivity index (χ1) is 8.50. The summed E-state index contributed by atoms with van der Waals surface area (Å²) in [6.07, 6.45) is 2.45. The summed E-state index contributed by atoms with van der Waals surface area (Å²) in [7, 11) is 0. The van der Waals surface area contributed by atoms with E-state index in [-0.39, 0.29) is 5.91 Å². The van der Waals surface area contributed by atoms with Crippen molar-refractivity contribution in [2.45, 2.75) is 45.4 Å². The standard InChI is InChI=1S/C12H22N4OS/c1-9(2)16-8-14-15-11(16)5-6-13-12(17)7-18-10(3)4/h8-10H,5-7H2,1-4H3,(H,13,17). The van der Waals surface area contributed by atoms with E-state index in [1.54, 1.807) is 18.1 Å². The molecule has 1 amide bonds. The van der Waals surface area contributed by atoms with E-state index >= 15 is 0 Å². The van der Waals surface area contributed by atoms with Crippen LogP contribution in [0.4, 0.5) is 0 Å². The molecule has 0 aliphatic carbocycles. The zero-order valence-electron chi connectivity index (χ0n) is 11.5. The van der Waals surface area contributed by atoms with Gasteiger partial charge in [-0.25, -0.2) is 0 Å². The highest BCUT2D eigenvalue weighted by Gasteiger charge is 2.08. The van der Waals surface area contributed by atoms with Crippen molar-refractivity contribution in [3.05, 3.63) is 12.2 Å². The van der Waals surface area contributed by atoms with Gasteiger partial charge < -0.3 is 9.88 Å². The maximum Gasteiger partial charge on any atom is 0.230 e. The molecule has 0 fully saturated rings. The summed E-state index contributed by atoms with van der Waals surface area (Å²) in [6.45, 7) is 8.96. The predicted molar refractivity (Wildman–Crippen MR) is 74.7 cm³/mol. The molecule has 18 heavy (non-hydrogen) atoms. The van der Waals surface area contributed by atoms with Gasteiger partial charge in [-0.1, -0.05) is 13.8 Å². The Balaban J connectivity index is 2.29. The van der Waals surface area contributed by atoms with Gasteiger partial charge in [-0.15, -0.1) is 22.0 Å². The highest BCUT2D eigenvalue weighted by atomic mass is 32.2. The Bertz CT molecular complexity index is 376. The van der Waals surface area contributed by atoms with Crippen molar-refractivity contribution in [2.24, 2.45) is 0 Å². The van der Waals surface area contributed by atoms with Gasteiger partial charge in [0, 0.05) is 19.0 Å². The van der Waals surface area contributed by atoms with Gasteiger partial charge in [-0.05, 0) is 19.1 Å². The van der Waals surface area contributed by atoms with E-state index in [2.05, 4.69) is 43.2 Å². The van der Waals surface area contributed by atoms with Crippen LogP contribution in [0.1, 0.15) is 39.6 Å². The van der Waals surface area contributed by atoms with Crippen molar-refractivity contribution in [1.82, 2.24) is 20.1 Å². The van der Waals surface area contributed by atoms with E-state index in [4.69, 9.17) is 0 Å². The first-order valence-electron chi connectivity index (χ1n) is 6.27. The molecule has 0 radical (unpaired) electrons. The molecule has 0 aliphatic heterocycles. The minimum absolute atomic E-state index is 0.0873. The maximum atomic E-state index is 11.5. The average molecular weight is 270 g/mol. The van der Waals surface area contributed by atoms with Gasteiger partial charge >= 0.3 is 0 Å². The second kappa shape index (κ2) is 7.41. The van der Waals surface area contributed by atoms with Crippen molar-refractivity contribution in [3.63, 3.8) is 0 Å². The van der Waals surface area contributed by atoms with Crippen molar-refractivity contribution in [3.8, 4) is 0 Å². The van der Waals surface area contributed by atoms with Crippen molar-refractivity contribution >= 4 is 17.7 Å². The van der Waals surface area contributed by atoms with Crippen LogP contribution in [0.15, 0.2) is 6.33 Å². The molecule has 1 N–H and O–H groups in total. The Morgan fingerprint density at radius 1 is 1.44 bits per heavy atom. The summed E-state index contributed by atoms with van der Waals surface area (Å²) in [4.78, 5) is 11.5. The lowest BCUT2D eigenvalue weighted by atomic mass is 10.3. The number of hydrogen-bond acceptors (Lipinski definition) is 4. The van der Waals surface area contributed by atoms with Crippen LogP contribution in [0, 0.1) is 0 Å². The molecule has 0 saturated carbocycles. The lowest BCUT2D eigenvalue weighted by molar-refractivity contribution is -0.118. The molecular weight excluding hydrogens is 248 g/mol. The van der Waals surface area contributed by atoms with Crippen molar-refractivity contribution in [2.75, 3.05) is 12.3 Å². The fourth-order valence-electron chi connectivity index (χ4n) is 1.48. The summed E-state index contributed by atoms with van der Waals surface area (Å²) in [5, 5.41) is 11.3. The summed E-state index contributed by atoms with van der Waals surface area (Å²) in [6, 6.07) is 0.349. The van der Waals surface area contributed by atoms with Crippen LogP contribution in [0.25, 0.3) is 0 Å². The Hall–Kier alpha value is -1.04. The number of nitrogens with zero attached hydrogens (tertiary/aromatic N) is 3. The molecule has 0 aromatic carbocycles. The SMILES string of the molecule is CC(C)SCC(=O)NCCc1nncn1C(C)C. The molecule has 5 nitrogen and oxygen atoms in total. The molecule has 0 aliphatic rings. The molecule has 1 rings (SSSR count). The molecule has 0 saturated heterocycles. The van der Waals surface area contributed by atoms with Gasteiger partial charge in [0.2, 0.25) is 5.91 Å². The van der Waals surface area contributed by atoms with E-state index in [1.165, 1.54) is 0 Å². The van der Waals surface area contributed by atoms with Gasteiger partial charge in [0.05, 0.1) is 5.75 Å². The average Bonchev–Trinajstić information content (AvgIpc) is 2.74. The van der Waals surface area contributed by atoms with Gasteiger partial charge in [0.1, 0.15) is 12.2 Å². The lowest BCUT2D eigenvalue weighted by Gasteiger charge is -2.10. The lowest BCUT2D eigenvalue weighted by Crippen LogP contribution is -2.28. The fourth-order valence-corrected chi connectivity index (χ4v) is 2.07. The second-order valence-corrected chi connectivity index (χ2v) is 6.27. The van der Waals surface area contributed by atoms with E-state index in [0.29, 0.717) is 23.6 Å². The molecule has 6 heteroatoms. The number of amides is 1. The fraction of sp³-hybridized carbons (Fsp3) is 0.750. The minimum Gasteiger partial charge on any atom is -0.355 e. The first kappa shape index (κ1) is 15.0. The Morgan fingerprint density at radius 3 is 2.78 bits per heavy atom. The Kier molecular flexibility index (Phi) is 6.18. The first-order valence-corrected chi connectivity index (χ1v) is 7.32. The molecule has 0 bridgehead atoms. The number of nitrogens with one attached hydrogen (secondary N) is 1. The summed E-state index contributed by atoms with van der Waals surface area (Å²) >= 11 is 1.65.